The molecule has 2 amide bonds. The number of carbonyl (C=O) groups is 2. The van der Waals surface area contributed by atoms with Crippen molar-refractivity contribution < 1.29 is 14.0 Å². The SMILES string of the molecule is CCc1ccccc1N(C(=O)Cn1nnc2ccccc21)[C@@H](C(=O)NC(C)(C)CC)c1ccc(C)o1. The second-order valence-corrected chi connectivity index (χ2v) is 9.56. The molecule has 1 atom stereocenters. The number of para-hydroxylation sites is 2. The minimum atomic E-state index is -1.00. The van der Waals surface area contributed by atoms with Crippen LogP contribution in [0.5, 0.6) is 0 Å². The number of nitrogens with zero attached hydrogens (tertiary/aromatic N) is 4. The fourth-order valence-electron chi connectivity index (χ4n) is 4.17. The van der Waals surface area contributed by atoms with E-state index in [0.717, 1.165) is 17.5 Å². The summed E-state index contributed by atoms with van der Waals surface area (Å²) in [6.07, 6.45) is 1.42. The lowest BCUT2D eigenvalue weighted by molar-refractivity contribution is -0.128. The molecule has 8 heteroatoms. The molecule has 1 N–H and O–H groups in total. The van der Waals surface area contributed by atoms with Gasteiger partial charge in [-0.25, -0.2) is 4.68 Å². The molecular weight excluding hydrogens is 454 g/mol. The van der Waals surface area contributed by atoms with E-state index in [9.17, 15) is 9.59 Å². The standard InChI is InChI=1S/C28H33N5O3/c1-6-20-12-8-10-14-22(20)33(25(34)18-32-23-15-11-9-13-21(23)30-31-32)26(24-17-16-19(3)36-24)27(35)29-28(4,5)7-2/h8-17,26H,6-7,18H2,1-5H3,(H,29,35)/t26-/m1/s1. The molecule has 0 aliphatic carbocycles. The summed E-state index contributed by atoms with van der Waals surface area (Å²) in [5, 5.41) is 11.5. The van der Waals surface area contributed by atoms with E-state index in [1.54, 1.807) is 21.7 Å². The summed E-state index contributed by atoms with van der Waals surface area (Å²) < 4.78 is 7.52. The Morgan fingerprint density at radius 2 is 1.78 bits per heavy atom. The highest BCUT2D eigenvalue weighted by Gasteiger charge is 2.38. The fourth-order valence-corrected chi connectivity index (χ4v) is 4.17. The van der Waals surface area contributed by atoms with E-state index in [4.69, 9.17) is 4.42 Å². The topological polar surface area (TPSA) is 93.3 Å². The third-order valence-corrected chi connectivity index (χ3v) is 6.49. The first kappa shape index (κ1) is 25.2. The highest BCUT2D eigenvalue weighted by molar-refractivity contribution is 6.02. The second-order valence-electron chi connectivity index (χ2n) is 9.56. The molecule has 0 fully saturated rings. The number of benzene rings is 2. The van der Waals surface area contributed by atoms with Crippen molar-refractivity contribution in [2.75, 3.05) is 4.90 Å². The normalized spacial score (nSPS) is 12.5. The summed E-state index contributed by atoms with van der Waals surface area (Å²) in [7, 11) is 0. The number of anilines is 1. The molecule has 0 aliphatic heterocycles. The molecule has 36 heavy (non-hydrogen) atoms. The lowest BCUT2D eigenvalue weighted by Gasteiger charge is -2.34. The summed E-state index contributed by atoms with van der Waals surface area (Å²) >= 11 is 0. The lowest BCUT2D eigenvalue weighted by Crippen LogP contribution is -2.51. The zero-order chi connectivity index (χ0) is 25.9. The Hall–Kier alpha value is -3.94. The van der Waals surface area contributed by atoms with E-state index >= 15 is 0 Å². The van der Waals surface area contributed by atoms with Gasteiger partial charge in [-0.05, 0) is 69.5 Å². The van der Waals surface area contributed by atoms with Gasteiger partial charge in [0.15, 0.2) is 6.04 Å². The van der Waals surface area contributed by atoms with Crippen molar-refractivity contribution in [2.45, 2.75) is 65.6 Å². The quantitative estimate of drug-likeness (QED) is 0.360. The maximum atomic E-state index is 14.1. The predicted molar refractivity (Wildman–Crippen MR) is 140 cm³/mol. The van der Waals surface area contributed by atoms with Crippen molar-refractivity contribution in [1.29, 1.82) is 0 Å². The molecule has 0 saturated heterocycles. The first-order valence-electron chi connectivity index (χ1n) is 12.3. The van der Waals surface area contributed by atoms with Crippen LogP contribution in [0, 0.1) is 6.92 Å². The van der Waals surface area contributed by atoms with Crippen molar-refractivity contribution in [1.82, 2.24) is 20.3 Å². The number of furan rings is 1. The number of fused-ring (bicyclic) bond motifs is 1. The molecule has 4 aromatic rings. The minimum Gasteiger partial charge on any atom is -0.464 e. The third-order valence-electron chi connectivity index (χ3n) is 6.49. The summed E-state index contributed by atoms with van der Waals surface area (Å²) in [5.74, 6) is 0.463. The molecule has 0 aliphatic rings. The summed E-state index contributed by atoms with van der Waals surface area (Å²) in [6, 6.07) is 17.7. The summed E-state index contributed by atoms with van der Waals surface area (Å²) in [5.41, 5.74) is 2.60. The molecule has 0 spiro atoms. The summed E-state index contributed by atoms with van der Waals surface area (Å²) in [6.45, 7) is 9.70. The van der Waals surface area contributed by atoms with E-state index in [1.807, 2.05) is 83.1 Å². The Labute approximate surface area is 211 Å². The Morgan fingerprint density at radius 3 is 2.47 bits per heavy atom. The molecule has 0 bridgehead atoms. The Bertz CT molecular complexity index is 1370. The van der Waals surface area contributed by atoms with Gasteiger partial charge in [0.1, 0.15) is 23.6 Å². The molecule has 2 heterocycles. The number of aromatic nitrogens is 3. The third kappa shape index (κ3) is 5.17. The number of rotatable bonds is 9. The van der Waals surface area contributed by atoms with E-state index in [0.29, 0.717) is 29.1 Å². The van der Waals surface area contributed by atoms with Crippen molar-refractivity contribution in [3.63, 3.8) is 0 Å². The molecular formula is C28H33N5O3. The van der Waals surface area contributed by atoms with Gasteiger partial charge in [-0.3, -0.25) is 14.5 Å². The molecule has 188 valence electrons. The van der Waals surface area contributed by atoms with Crippen LogP contribution in [0.2, 0.25) is 0 Å². The number of hydrogen-bond donors (Lipinski definition) is 1. The van der Waals surface area contributed by atoms with E-state index in [-0.39, 0.29) is 18.4 Å². The van der Waals surface area contributed by atoms with Crippen LogP contribution in [0.25, 0.3) is 11.0 Å². The van der Waals surface area contributed by atoms with Crippen LogP contribution in [0.3, 0.4) is 0 Å². The van der Waals surface area contributed by atoms with E-state index in [2.05, 4.69) is 15.6 Å². The van der Waals surface area contributed by atoms with Gasteiger partial charge in [0.2, 0.25) is 5.91 Å². The average Bonchev–Trinajstić information content (AvgIpc) is 3.48. The van der Waals surface area contributed by atoms with Crippen molar-refractivity contribution in [3.8, 4) is 0 Å². The number of amides is 2. The highest BCUT2D eigenvalue weighted by Crippen LogP contribution is 2.33. The fraction of sp³-hybridized carbons (Fsp3) is 0.357. The molecule has 0 unspecified atom stereocenters. The van der Waals surface area contributed by atoms with Crippen molar-refractivity contribution in [2.24, 2.45) is 0 Å². The van der Waals surface area contributed by atoms with Crippen LogP contribution < -0.4 is 10.2 Å². The predicted octanol–water partition coefficient (Wildman–Crippen LogP) is 4.97. The van der Waals surface area contributed by atoms with Gasteiger partial charge in [0.25, 0.3) is 5.91 Å². The van der Waals surface area contributed by atoms with Crippen molar-refractivity contribution >= 4 is 28.5 Å². The van der Waals surface area contributed by atoms with Crippen LogP contribution in [0.15, 0.2) is 65.1 Å². The van der Waals surface area contributed by atoms with E-state index in [1.165, 1.54) is 0 Å². The van der Waals surface area contributed by atoms with Gasteiger partial charge >= 0.3 is 0 Å². The largest absolute Gasteiger partial charge is 0.464 e. The van der Waals surface area contributed by atoms with Crippen LogP contribution in [-0.2, 0) is 22.6 Å². The van der Waals surface area contributed by atoms with Gasteiger partial charge in [0, 0.05) is 11.2 Å². The van der Waals surface area contributed by atoms with Crippen LogP contribution >= 0.6 is 0 Å². The molecule has 0 saturated carbocycles. The number of nitrogens with one attached hydrogen (secondary N) is 1. The Kier molecular flexibility index (Phi) is 7.24. The van der Waals surface area contributed by atoms with Gasteiger partial charge in [0.05, 0.1) is 5.52 Å². The van der Waals surface area contributed by atoms with Gasteiger partial charge in [-0.15, -0.1) is 5.10 Å². The van der Waals surface area contributed by atoms with Crippen LogP contribution in [-0.4, -0.2) is 32.3 Å². The monoisotopic (exact) mass is 487 g/mol. The number of hydrogen-bond acceptors (Lipinski definition) is 5. The zero-order valence-electron chi connectivity index (χ0n) is 21.5. The molecule has 0 radical (unpaired) electrons. The van der Waals surface area contributed by atoms with Crippen LogP contribution in [0.1, 0.15) is 57.2 Å². The second kappa shape index (κ2) is 10.4. The highest BCUT2D eigenvalue weighted by atomic mass is 16.3. The lowest BCUT2D eigenvalue weighted by atomic mass is 10.00. The molecule has 8 nitrogen and oxygen atoms in total. The maximum absolute atomic E-state index is 14.1. The number of aryl methyl sites for hydroxylation is 2. The van der Waals surface area contributed by atoms with Gasteiger partial charge < -0.3 is 9.73 Å². The molecule has 2 aromatic carbocycles. The molecule has 4 rings (SSSR count). The maximum Gasteiger partial charge on any atom is 0.251 e. The minimum absolute atomic E-state index is 0.0841. The average molecular weight is 488 g/mol. The Morgan fingerprint density at radius 1 is 1.06 bits per heavy atom. The first-order valence-corrected chi connectivity index (χ1v) is 12.3. The first-order chi connectivity index (χ1) is 17.2. The number of carbonyl (C=O) groups excluding carboxylic acids is 2. The molecule has 2 aromatic heterocycles. The van der Waals surface area contributed by atoms with Crippen LogP contribution in [0.4, 0.5) is 5.69 Å². The summed E-state index contributed by atoms with van der Waals surface area (Å²) in [4.78, 5) is 29.5. The van der Waals surface area contributed by atoms with Gasteiger partial charge in [-0.2, -0.15) is 0 Å². The van der Waals surface area contributed by atoms with Crippen molar-refractivity contribution in [3.05, 3.63) is 77.7 Å². The van der Waals surface area contributed by atoms with Gasteiger partial charge in [-0.1, -0.05) is 49.4 Å². The smallest absolute Gasteiger partial charge is 0.251 e. The zero-order valence-corrected chi connectivity index (χ0v) is 21.5. The van der Waals surface area contributed by atoms with E-state index < -0.39 is 11.6 Å². The Balaban J connectivity index is 1.84.